The number of hydrogen-bond acceptors (Lipinski definition) is 4. The molecule has 1 N–H and O–H groups in total. The average Bonchev–Trinajstić information content (AvgIpc) is 2.62. The molecular formula is C18H22N4O. The molecule has 1 saturated heterocycles. The highest BCUT2D eigenvalue weighted by atomic mass is 16.1. The highest BCUT2D eigenvalue weighted by molar-refractivity contribution is 5.92. The van der Waals surface area contributed by atoms with Crippen molar-refractivity contribution < 1.29 is 4.79 Å². The molecule has 0 bridgehead atoms. The van der Waals surface area contributed by atoms with Gasteiger partial charge in [0.15, 0.2) is 0 Å². The highest BCUT2D eigenvalue weighted by Gasteiger charge is 2.15. The van der Waals surface area contributed by atoms with E-state index in [0.717, 1.165) is 31.5 Å². The molecule has 1 aromatic carbocycles. The molecule has 5 heteroatoms. The number of nitrogens with one attached hydrogen (secondary N) is 1. The van der Waals surface area contributed by atoms with Crippen LogP contribution in [-0.4, -0.2) is 29.0 Å². The Balaban J connectivity index is 1.63. The Kier molecular flexibility index (Phi) is 4.86. The normalized spacial score (nSPS) is 14.6. The maximum atomic E-state index is 12.3. The Labute approximate surface area is 136 Å². The summed E-state index contributed by atoms with van der Waals surface area (Å²) in [6, 6.07) is 9.79. The first kappa shape index (κ1) is 15.5. The van der Waals surface area contributed by atoms with E-state index in [2.05, 4.69) is 20.2 Å². The Hall–Kier alpha value is -2.43. The van der Waals surface area contributed by atoms with Crippen molar-refractivity contribution in [1.82, 2.24) is 15.3 Å². The molecule has 120 valence electrons. The molecule has 2 heterocycles. The first-order chi connectivity index (χ1) is 11.2. The van der Waals surface area contributed by atoms with Crippen LogP contribution in [0.5, 0.6) is 0 Å². The number of carbonyl (C=O) groups is 1. The minimum absolute atomic E-state index is 0.161. The number of nitrogens with zero attached hydrogens (tertiary/aromatic N) is 3. The van der Waals surface area contributed by atoms with Gasteiger partial charge in [0, 0.05) is 25.8 Å². The van der Waals surface area contributed by atoms with Crippen molar-refractivity contribution in [3.8, 4) is 0 Å². The first-order valence-electron chi connectivity index (χ1n) is 8.14. The van der Waals surface area contributed by atoms with Gasteiger partial charge in [0.2, 0.25) is 5.95 Å². The van der Waals surface area contributed by atoms with Gasteiger partial charge < -0.3 is 10.2 Å². The van der Waals surface area contributed by atoms with Gasteiger partial charge in [0.05, 0.1) is 0 Å². The Morgan fingerprint density at radius 2 is 1.87 bits per heavy atom. The molecule has 1 amide bonds. The van der Waals surface area contributed by atoms with Crippen LogP contribution in [-0.2, 0) is 6.54 Å². The number of piperidine rings is 1. The summed E-state index contributed by atoms with van der Waals surface area (Å²) >= 11 is 0. The van der Waals surface area contributed by atoms with Gasteiger partial charge in [-0.1, -0.05) is 29.8 Å². The first-order valence-corrected chi connectivity index (χ1v) is 8.14. The summed E-state index contributed by atoms with van der Waals surface area (Å²) in [5.74, 6) is 0.499. The predicted molar refractivity (Wildman–Crippen MR) is 90.4 cm³/mol. The molecule has 23 heavy (non-hydrogen) atoms. The van der Waals surface area contributed by atoms with E-state index < -0.39 is 0 Å². The highest BCUT2D eigenvalue weighted by Crippen LogP contribution is 2.15. The fraction of sp³-hybridized carbons (Fsp3) is 0.389. The van der Waals surface area contributed by atoms with Gasteiger partial charge in [0.25, 0.3) is 5.91 Å². The maximum absolute atomic E-state index is 12.3. The van der Waals surface area contributed by atoms with Crippen LogP contribution in [0.2, 0.25) is 0 Å². The predicted octanol–water partition coefficient (Wildman–Crippen LogP) is 2.71. The Bertz CT molecular complexity index is 663. The summed E-state index contributed by atoms with van der Waals surface area (Å²) in [5.41, 5.74) is 2.71. The summed E-state index contributed by atoms with van der Waals surface area (Å²) in [6.07, 6.45) is 5.24. The number of carbonyl (C=O) groups excluding carboxylic acids is 1. The average molecular weight is 310 g/mol. The molecule has 0 aliphatic carbocycles. The minimum atomic E-state index is -0.161. The Morgan fingerprint density at radius 3 is 2.61 bits per heavy atom. The van der Waals surface area contributed by atoms with Crippen molar-refractivity contribution in [2.45, 2.75) is 32.7 Å². The van der Waals surface area contributed by atoms with Crippen molar-refractivity contribution in [3.63, 3.8) is 0 Å². The zero-order valence-corrected chi connectivity index (χ0v) is 13.5. The fourth-order valence-corrected chi connectivity index (χ4v) is 2.70. The summed E-state index contributed by atoms with van der Waals surface area (Å²) in [7, 11) is 0. The molecule has 1 aromatic heterocycles. The van der Waals surface area contributed by atoms with E-state index >= 15 is 0 Å². The van der Waals surface area contributed by atoms with Crippen LogP contribution in [0.3, 0.4) is 0 Å². The molecule has 1 fully saturated rings. The third kappa shape index (κ3) is 4.06. The van der Waals surface area contributed by atoms with Gasteiger partial charge in [-0.15, -0.1) is 0 Å². The number of aryl methyl sites for hydroxylation is 1. The topological polar surface area (TPSA) is 58.1 Å². The number of hydrogen-bond donors (Lipinski definition) is 1. The number of amides is 1. The lowest BCUT2D eigenvalue weighted by atomic mass is 10.1. The van der Waals surface area contributed by atoms with Crippen LogP contribution in [0, 0.1) is 6.92 Å². The number of aromatic nitrogens is 2. The molecule has 5 nitrogen and oxygen atoms in total. The third-order valence-corrected chi connectivity index (χ3v) is 4.09. The second-order valence-electron chi connectivity index (χ2n) is 5.96. The van der Waals surface area contributed by atoms with Gasteiger partial charge >= 0.3 is 0 Å². The van der Waals surface area contributed by atoms with Crippen molar-refractivity contribution in [3.05, 3.63) is 53.3 Å². The molecule has 1 aliphatic rings. The SMILES string of the molecule is Cc1ccc(CNC(=O)c2ccnc(N3CCCCC3)n2)cc1. The molecule has 1 aliphatic heterocycles. The van der Waals surface area contributed by atoms with Crippen LogP contribution in [0.4, 0.5) is 5.95 Å². The van der Waals surface area contributed by atoms with Gasteiger partial charge in [-0.05, 0) is 37.8 Å². The van der Waals surface area contributed by atoms with E-state index in [1.165, 1.54) is 12.0 Å². The van der Waals surface area contributed by atoms with E-state index in [9.17, 15) is 4.79 Å². The van der Waals surface area contributed by atoms with Crippen molar-refractivity contribution in [2.75, 3.05) is 18.0 Å². The zero-order valence-electron chi connectivity index (χ0n) is 13.5. The largest absolute Gasteiger partial charge is 0.347 e. The van der Waals surface area contributed by atoms with Crippen LogP contribution in [0.25, 0.3) is 0 Å². The summed E-state index contributed by atoms with van der Waals surface area (Å²) in [6.45, 7) is 4.48. The molecule has 0 unspecified atom stereocenters. The monoisotopic (exact) mass is 310 g/mol. The fourth-order valence-electron chi connectivity index (χ4n) is 2.70. The molecule has 0 spiro atoms. The second kappa shape index (κ2) is 7.22. The lowest BCUT2D eigenvalue weighted by molar-refractivity contribution is 0.0946. The van der Waals surface area contributed by atoms with E-state index in [4.69, 9.17) is 0 Å². The molecular weight excluding hydrogens is 288 g/mol. The van der Waals surface area contributed by atoms with Crippen LogP contribution >= 0.6 is 0 Å². The summed E-state index contributed by atoms with van der Waals surface area (Å²) in [4.78, 5) is 23.2. The smallest absolute Gasteiger partial charge is 0.270 e. The summed E-state index contributed by atoms with van der Waals surface area (Å²) < 4.78 is 0. The second-order valence-corrected chi connectivity index (χ2v) is 5.96. The maximum Gasteiger partial charge on any atom is 0.270 e. The molecule has 3 rings (SSSR count). The number of anilines is 1. The van der Waals surface area contributed by atoms with Crippen LogP contribution in [0.15, 0.2) is 36.5 Å². The lowest BCUT2D eigenvalue weighted by Gasteiger charge is -2.26. The Morgan fingerprint density at radius 1 is 1.13 bits per heavy atom. The summed E-state index contributed by atoms with van der Waals surface area (Å²) in [5, 5.41) is 2.92. The zero-order chi connectivity index (χ0) is 16.1. The van der Waals surface area contributed by atoms with Crippen molar-refractivity contribution >= 4 is 11.9 Å². The molecule has 0 radical (unpaired) electrons. The van der Waals surface area contributed by atoms with Crippen molar-refractivity contribution in [1.29, 1.82) is 0 Å². The van der Waals surface area contributed by atoms with Gasteiger partial charge in [0.1, 0.15) is 5.69 Å². The standard InChI is InChI=1S/C18H22N4O/c1-14-5-7-15(8-6-14)13-20-17(23)16-9-10-19-18(21-16)22-11-3-2-4-12-22/h5-10H,2-4,11-13H2,1H3,(H,20,23). The van der Waals surface area contributed by atoms with E-state index in [0.29, 0.717) is 18.2 Å². The minimum Gasteiger partial charge on any atom is -0.347 e. The molecule has 2 aromatic rings. The van der Waals surface area contributed by atoms with Gasteiger partial charge in [-0.2, -0.15) is 0 Å². The van der Waals surface area contributed by atoms with E-state index in [1.807, 2.05) is 31.2 Å². The van der Waals surface area contributed by atoms with Gasteiger partial charge in [-0.3, -0.25) is 4.79 Å². The van der Waals surface area contributed by atoms with E-state index in [1.54, 1.807) is 12.3 Å². The quantitative estimate of drug-likeness (QED) is 0.943. The third-order valence-electron chi connectivity index (χ3n) is 4.09. The molecule has 0 atom stereocenters. The van der Waals surface area contributed by atoms with Crippen LogP contribution in [0.1, 0.15) is 40.9 Å². The van der Waals surface area contributed by atoms with Gasteiger partial charge in [-0.25, -0.2) is 9.97 Å². The number of rotatable bonds is 4. The lowest BCUT2D eigenvalue weighted by Crippen LogP contribution is -2.32. The van der Waals surface area contributed by atoms with E-state index in [-0.39, 0.29) is 5.91 Å². The van der Waals surface area contributed by atoms with Crippen LogP contribution < -0.4 is 10.2 Å². The number of benzene rings is 1. The molecule has 0 saturated carbocycles. The van der Waals surface area contributed by atoms with Crippen molar-refractivity contribution in [2.24, 2.45) is 0 Å².